The van der Waals surface area contributed by atoms with Crippen molar-refractivity contribution in [2.75, 3.05) is 16.8 Å². The highest BCUT2D eigenvalue weighted by Gasteiger charge is 2.42. The SMILES string of the molecule is CCC1CCC(NC(=O)CSCC(=O)Nc2cc(C)on2)(C(=O)O)CC1. The molecule has 26 heavy (non-hydrogen) atoms. The fourth-order valence-corrected chi connectivity index (χ4v) is 3.73. The molecule has 0 saturated heterocycles. The van der Waals surface area contributed by atoms with E-state index < -0.39 is 11.5 Å². The van der Waals surface area contributed by atoms with E-state index in [0.29, 0.717) is 30.3 Å². The second-order valence-electron chi connectivity index (χ2n) is 6.65. The number of aliphatic carboxylic acids is 1. The highest BCUT2D eigenvalue weighted by Crippen LogP contribution is 2.34. The number of carbonyl (C=O) groups excluding carboxylic acids is 2. The Labute approximate surface area is 156 Å². The van der Waals surface area contributed by atoms with Gasteiger partial charge in [-0.2, -0.15) is 0 Å². The number of anilines is 1. The summed E-state index contributed by atoms with van der Waals surface area (Å²) >= 11 is 1.12. The highest BCUT2D eigenvalue weighted by molar-refractivity contribution is 8.00. The van der Waals surface area contributed by atoms with Crippen molar-refractivity contribution in [1.82, 2.24) is 10.5 Å². The van der Waals surface area contributed by atoms with Gasteiger partial charge in [-0.15, -0.1) is 11.8 Å². The smallest absolute Gasteiger partial charge is 0.329 e. The number of nitrogens with zero attached hydrogens (tertiary/aromatic N) is 1. The number of hydrogen-bond acceptors (Lipinski definition) is 6. The topological polar surface area (TPSA) is 122 Å². The Morgan fingerprint density at radius 2 is 1.96 bits per heavy atom. The molecule has 1 aromatic heterocycles. The van der Waals surface area contributed by atoms with Crippen molar-refractivity contribution < 1.29 is 24.0 Å². The zero-order valence-electron chi connectivity index (χ0n) is 15.0. The zero-order valence-corrected chi connectivity index (χ0v) is 15.9. The Balaban J connectivity index is 1.76. The lowest BCUT2D eigenvalue weighted by molar-refractivity contribution is -0.149. The number of aromatic nitrogens is 1. The zero-order chi connectivity index (χ0) is 19.2. The van der Waals surface area contributed by atoms with Gasteiger partial charge in [0, 0.05) is 6.07 Å². The van der Waals surface area contributed by atoms with E-state index in [9.17, 15) is 19.5 Å². The molecule has 0 aromatic carbocycles. The molecule has 0 aliphatic heterocycles. The van der Waals surface area contributed by atoms with Crippen molar-refractivity contribution in [3.63, 3.8) is 0 Å². The average molecular weight is 383 g/mol. The Hall–Kier alpha value is -2.03. The highest BCUT2D eigenvalue weighted by atomic mass is 32.2. The number of amides is 2. The van der Waals surface area contributed by atoms with Crippen LogP contribution in [0.5, 0.6) is 0 Å². The van der Waals surface area contributed by atoms with Crippen LogP contribution in [0, 0.1) is 12.8 Å². The molecule has 0 bridgehead atoms. The van der Waals surface area contributed by atoms with E-state index in [1.54, 1.807) is 13.0 Å². The second kappa shape index (κ2) is 9.07. The van der Waals surface area contributed by atoms with Gasteiger partial charge in [0.2, 0.25) is 11.8 Å². The van der Waals surface area contributed by atoms with Crippen LogP contribution in [0.25, 0.3) is 0 Å². The minimum absolute atomic E-state index is 0.0253. The molecular formula is C17H25N3O5S. The van der Waals surface area contributed by atoms with E-state index in [-0.39, 0.29) is 23.3 Å². The van der Waals surface area contributed by atoms with Gasteiger partial charge in [-0.05, 0) is 38.5 Å². The van der Waals surface area contributed by atoms with Crippen molar-refractivity contribution in [3.05, 3.63) is 11.8 Å². The summed E-state index contributed by atoms with van der Waals surface area (Å²) in [5, 5.41) is 18.5. The van der Waals surface area contributed by atoms with Gasteiger partial charge in [0.25, 0.3) is 0 Å². The van der Waals surface area contributed by atoms with Gasteiger partial charge in [0.1, 0.15) is 11.3 Å². The number of carboxylic acids is 1. The number of thioether (sulfide) groups is 1. The minimum atomic E-state index is -1.18. The van der Waals surface area contributed by atoms with Gasteiger partial charge in [-0.1, -0.05) is 18.5 Å². The maximum Gasteiger partial charge on any atom is 0.329 e. The van der Waals surface area contributed by atoms with Gasteiger partial charge in [-0.25, -0.2) is 4.79 Å². The molecular weight excluding hydrogens is 358 g/mol. The molecule has 1 aliphatic carbocycles. The van der Waals surface area contributed by atoms with Crippen LogP contribution < -0.4 is 10.6 Å². The van der Waals surface area contributed by atoms with Crippen LogP contribution in [-0.2, 0) is 14.4 Å². The van der Waals surface area contributed by atoms with E-state index in [4.69, 9.17) is 4.52 Å². The number of nitrogens with one attached hydrogen (secondary N) is 2. The third-order valence-corrected chi connectivity index (χ3v) is 5.62. The van der Waals surface area contributed by atoms with E-state index in [1.807, 2.05) is 0 Å². The fraction of sp³-hybridized carbons (Fsp3) is 0.647. The molecule has 0 radical (unpaired) electrons. The number of aryl methyl sites for hydroxylation is 1. The van der Waals surface area contributed by atoms with Gasteiger partial charge >= 0.3 is 5.97 Å². The first kappa shape index (κ1) is 20.3. The number of carbonyl (C=O) groups is 3. The average Bonchev–Trinajstić information content (AvgIpc) is 3.00. The summed E-state index contributed by atoms with van der Waals surface area (Å²) in [6.45, 7) is 3.81. The molecule has 0 unspecified atom stereocenters. The Bertz CT molecular complexity index is 653. The molecule has 0 spiro atoms. The first-order valence-corrected chi connectivity index (χ1v) is 9.85. The Kier molecular flexibility index (Phi) is 7.07. The molecule has 9 heteroatoms. The Morgan fingerprint density at radius 3 is 2.50 bits per heavy atom. The van der Waals surface area contributed by atoms with Gasteiger partial charge in [0.05, 0.1) is 11.5 Å². The molecule has 1 aliphatic rings. The van der Waals surface area contributed by atoms with Crippen LogP contribution in [-0.4, -0.2) is 45.1 Å². The molecule has 2 amide bonds. The monoisotopic (exact) mass is 383 g/mol. The summed E-state index contributed by atoms with van der Waals surface area (Å²) in [7, 11) is 0. The molecule has 1 heterocycles. The lowest BCUT2D eigenvalue weighted by atomic mass is 9.75. The molecule has 1 fully saturated rings. The van der Waals surface area contributed by atoms with Crippen molar-refractivity contribution in [2.45, 2.75) is 51.5 Å². The molecule has 2 rings (SSSR count). The van der Waals surface area contributed by atoms with Crippen LogP contribution in [0.3, 0.4) is 0 Å². The molecule has 1 aromatic rings. The molecule has 0 atom stereocenters. The van der Waals surface area contributed by atoms with Crippen molar-refractivity contribution in [3.8, 4) is 0 Å². The largest absolute Gasteiger partial charge is 0.480 e. The lowest BCUT2D eigenvalue weighted by Gasteiger charge is -2.37. The summed E-state index contributed by atoms with van der Waals surface area (Å²) in [4.78, 5) is 35.6. The van der Waals surface area contributed by atoms with E-state index in [0.717, 1.165) is 31.0 Å². The summed E-state index contributed by atoms with van der Waals surface area (Å²) in [6.07, 6.45) is 3.53. The second-order valence-corrected chi connectivity index (χ2v) is 7.64. The van der Waals surface area contributed by atoms with Crippen molar-refractivity contribution >= 4 is 35.4 Å². The summed E-state index contributed by atoms with van der Waals surface area (Å²) in [6, 6.07) is 1.60. The number of carboxylic acid groups (broad SMARTS) is 1. The van der Waals surface area contributed by atoms with E-state index in [2.05, 4.69) is 22.7 Å². The first-order valence-electron chi connectivity index (χ1n) is 8.70. The summed E-state index contributed by atoms with van der Waals surface area (Å²) in [5.74, 6) is -0.110. The molecule has 8 nitrogen and oxygen atoms in total. The van der Waals surface area contributed by atoms with Gasteiger partial charge in [-0.3, -0.25) is 9.59 Å². The van der Waals surface area contributed by atoms with E-state index in [1.165, 1.54) is 0 Å². The standard InChI is InChI=1S/C17H25N3O5S/c1-3-12-4-6-17(7-5-12,16(23)24)19-15(22)10-26-9-14(21)18-13-8-11(2)25-20-13/h8,12H,3-7,9-10H2,1-2H3,(H,19,22)(H,23,24)(H,18,20,21). The first-order chi connectivity index (χ1) is 12.3. The third-order valence-electron chi connectivity index (χ3n) is 4.69. The predicted octanol–water partition coefficient (Wildman–Crippen LogP) is 2.19. The van der Waals surface area contributed by atoms with Gasteiger partial charge < -0.3 is 20.3 Å². The number of rotatable bonds is 8. The van der Waals surface area contributed by atoms with E-state index >= 15 is 0 Å². The quantitative estimate of drug-likeness (QED) is 0.629. The van der Waals surface area contributed by atoms with Crippen molar-refractivity contribution in [1.29, 1.82) is 0 Å². The van der Waals surface area contributed by atoms with Crippen LogP contribution in [0.1, 0.15) is 44.8 Å². The van der Waals surface area contributed by atoms with Crippen LogP contribution in [0.4, 0.5) is 5.82 Å². The van der Waals surface area contributed by atoms with Crippen LogP contribution >= 0.6 is 11.8 Å². The lowest BCUT2D eigenvalue weighted by Crippen LogP contribution is -2.56. The van der Waals surface area contributed by atoms with Crippen LogP contribution in [0.15, 0.2) is 10.6 Å². The minimum Gasteiger partial charge on any atom is -0.480 e. The maximum absolute atomic E-state index is 12.2. The summed E-state index contributed by atoms with van der Waals surface area (Å²) < 4.78 is 4.85. The molecule has 144 valence electrons. The molecule has 3 N–H and O–H groups in total. The maximum atomic E-state index is 12.2. The van der Waals surface area contributed by atoms with Crippen molar-refractivity contribution in [2.24, 2.45) is 5.92 Å². The van der Waals surface area contributed by atoms with Crippen LogP contribution in [0.2, 0.25) is 0 Å². The number of hydrogen-bond donors (Lipinski definition) is 3. The Morgan fingerprint density at radius 1 is 1.31 bits per heavy atom. The third kappa shape index (κ3) is 5.48. The predicted molar refractivity (Wildman–Crippen MR) is 98.0 cm³/mol. The fourth-order valence-electron chi connectivity index (χ4n) is 3.11. The molecule has 1 saturated carbocycles. The normalized spacial score (nSPS) is 22.6. The summed E-state index contributed by atoms with van der Waals surface area (Å²) in [5.41, 5.74) is -1.18. The van der Waals surface area contributed by atoms with Gasteiger partial charge in [0.15, 0.2) is 5.82 Å².